The Labute approximate surface area is 175 Å². The molecule has 0 bridgehead atoms. The summed E-state index contributed by atoms with van der Waals surface area (Å²) in [5, 5.41) is 22.0. The summed E-state index contributed by atoms with van der Waals surface area (Å²) in [5.41, 5.74) is 4.16. The number of aromatic amines is 2. The van der Waals surface area contributed by atoms with Crippen molar-refractivity contribution in [1.29, 1.82) is 0 Å². The molecule has 0 unspecified atom stereocenters. The molecule has 2 heterocycles. The molecule has 0 saturated heterocycles. The highest BCUT2D eigenvalue weighted by atomic mass is 16.6. The van der Waals surface area contributed by atoms with E-state index < -0.39 is 4.92 Å². The second kappa shape index (κ2) is 7.38. The molecule has 152 valence electrons. The Bertz CT molecular complexity index is 1450. The number of fused-ring (bicyclic) bond motifs is 2. The van der Waals surface area contributed by atoms with E-state index in [1.165, 1.54) is 12.1 Å². The molecule has 0 aliphatic carbocycles. The van der Waals surface area contributed by atoms with Crippen molar-refractivity contribution in [2.75, 3.05) is 0 Å². The average Bonchev–Trinajstić information content (AvgIpc) is 3.41. The first-order valence-corrected chi connectivity index (χ1v) is 9.53. The predicted molar refractivity (Wildman–Crippen MR) is 115 cm³/mol. The van der Waals surface area contributed by atoms with Gasteiger partial charge in [-0.05, 0) is 29.8 Å². The monoisotopic (exact) mass is 412 g/mol. The van der Waals surface area contributed by atoms with Crippen LogP contribution in [0.2, 0.25) is 0 Å². The fourth-order valence-electron chi connectivity index (χ4n) is 3.47. The summed E-state index contributed by atoms with van der Waals surface area (Å²) in [6.45, 7) is 0.187. The van der Waals surface area contributed by atoms with Crippen LogP contribution in [0.1, 0.15) is 15.9 Å². The van der Waals surface area contributed by atoms with E-state index >= 15 is 0 Å². The molecule has 0 fully saturated rings. The summed E-state index contributed by atoms with van der Waals surface area (Å²) in [7, 11) is 0. The Hall–Kier alpha value is -4.53. The maximum atomic E-state index is 12.6. The first-order chi connectivity index (χ1) is 15.1. The van der Waals surface area contributed by atoms with E-state index in [1.807, 2.05) is 24.3 Å². The van der Waals surface area contributed by atoms with E-state index in [0.717, 1.165) is 16.4 Å². The van der Waals surface area contributed by atoms with Gasteiger partial charge in [0, 0.05) is 29.6 Å². The Balaban J connectivity index is 1.38. The Morgan fingerprint density at radius 3 is 2.77 bits per heavy atom. The average molecular weight is 412 g/mol. The molecular weight excluding hydrogens is 396 g/mol. The number of H-pyrrole nitrogens is 2. The zero-order valence-electron chi connectivity index (χ0n) is 16.1. The van der Waals surface area contributed by atoms with Crippen LogP contribution < -0.4 is 5.32 Å². The molecule has 0 radical (unpaired) electrons. The van der Waals surface area contributed by atoms with Gasteiger partial charge in [0.05, 0.1) is 21.5 Å². The lowest BCUT2D eigenvalue weighted by Gasteiger charge is -2.05. The smallest absolute Gasteiger partial charge is 0.269 e. The lowest BCUT2D eigenvalue weighted by Crippen LogP contribution is -2.22. The van der Waals surface area contributed by atoms with E-state index in [1.54, 1.807) is 30.3 Å². The SMILES string of the molecule is O=C(NCc1cccc([N+](=O)[O-])c1)c1ccc2nc(-c3n[nH]c4ccccc34)[nH]c2c1. The van der Waals surface area contributed by atoms with Gasteiger partial charge in [-0.1, -0.05) is 30.3 Å². The number of carbonyl (C=O) groups is 1. The molecule has 0 aliphatic heterocycles. The number of benzene rings is 3. The summed E-state index contributed by atoms with van der Waals surface area (Å²) in [6, 6.07) is 19.1. The third kappa shape index (κ3) is 3.48. The van der Waals surface area contributed by atoms with Crippen molar-refractivity contribution in [3.05, 3.63) is 88.0 Å². The molecule has 5 aromatic rings. The standard InChI is InChI=1S/C22H16N6O3/c29-22(23-12-13-4-3-5-15(10-13)28(30)31)14-8-9-18-19(11-14)25-21(24-18)20-16-6-1-2-7-17(16)26-27-20/h1-11H,12H2,(H,23,29)(H,24,25)(H,26,27). The van der Waals surface area contributed by atoms with E-state index in [-0.39, 0.29) is 18.1 Å². The fourth-order valence-corrected chi connectivity index (χ4v) is 3.47. The number of imidazole rings is 1. The molecule has 3 aromatic carbocycles. The van der Waals surface area contributed by atoms with Crippen LogP contribution in [0.4, 0.5) is 5.69 Å². The maximum Gasteiger partial charge on any atom is 0.269 e. The number of rotatable bonds is 5. The highest BCUT2D eigenvalue weighted by molar-refractivity contribution is 5.98. The number of amides is 1. The summed E-state index contributed by atoms with van der Waals surface area (Å²) in [5.74, 6) is 0.330. The third-order valence-electron chi connectivity index (χ3n) is 5.01. The molecule has 2 aromatic heterocycles. The second-order valence-corrected chi connectivity index (χ2v) is 7.04. The van der Waals surface area contributed by atoms with Gasteiger partial charge >= 0.3 is 0 Å². The highest BCUT2D eigenvalue weighted by Gasteiger charge is 2.14. The van der Waals surface area contributed by atoms with Crippen molar-refractivity contribution in [3.63, 3.8) is 0 Å². The number of nitrogens with one attached hydrogen (secondary N) is 3. The van der Waals surface area contributed by atoms with E-state index in [9.17, 15) is 14.9 Å². The lowest BCUT2D eigenvalue weighted by atomic mass is 10.1. The first kappa shape index (κ1) is 18.5. The second-order valence-electron chi connectivity index (χ2n) is 7.04. The third-order valence-corrected chi connectivity index (χ3v) is 5.01. The Morgan fingerprint density at radius 2 is 1.90 bits per heavy atom. The quantitative estimate of drug-likeness (QED) is 0.297. The van der Waals surface area contributed by atoms with Crippen LogP contribution in [0.25, 0.3) is 33.5 Å². The van der Waals surface area contributed by atoms with Gasteiger partial charge in [0.2, 0.25) is 0 Å². The number of aromatic nitrogens is 4. The van der Waals surface area contributed by atoms with Crippen LogP contribution in [0.5, 0.6) is 0 Å². The van der Waals surface area contributed by atoms with Crippen molar-refractivity contribution in [3.8, 4) is 11.5 Å². The van der Waals surface area contributed by atoms with Crippen LogP contribution in [0.15, 0.2) is 66.7 Å². The molecule has 9 heteroatoms. The molecule has 9 nitrogen and oxygen atoms in total. The topological polar surface area (TPSA) is 130 Å². The van der Waals surface area contributed by atoms with Gasteiger partial charge in [0.25, 0.3) is 11.6 Å². The van der Waals surface area contributed by atoms with Crippen molar-refractivity contribution in [2.24, 2.45) is 0 Å². The molecule has 5 rings (SSSR count). The number of carbonyl (C=O) groups excluding carboxylic acids is 1. The van der Waals surface area contributed by atoms with Gasteiger partial charge in [-0.15, -0.1) is 0 Å². The molecule has 3 N–H and O–H groups in total. The molecule has 0 atom stereocenters. The molecule has 1 amide bonds. The number of nitro groups is 1. The summed E-state index contributed by atoms with van der Waals surface area (Å²) >= 11 is 0. The van der Waals surface area contributed by atoms with Gasteiger partial charge in [0.1, 0.15) is 5.69 Å². The van der Waals surface area contributed by atoms with Gasteiger partial charge in [-0.3, -0.25) is 20.0 Å². The van der Waals surface area contributed by atoms with Gasteiger partial charge < -0.3 is 10.3 Å². The number of non-ortho nitro benzene ring substituents is 1. The number of para-hydroxylation sites is 1. The number of hydrogen-bond donors (Lipinski definition) is 3. The largest absolute Gasteiger partial charge is 0.348 e. The molecule has 31 heavy (non-hydrogen) atoms. The van der Waals surface area contributed by atoms with Crippen LogP contribution >= 0.6 is 0 Å². The van der Waals surface area contributed by atoms with Crippen molar-refractivity contribution < 1.29 is 9.72 Å². The minimum Gasteiger partial charge on any atom is -0.348 e. The zero-order chi connectivity index (χ0) is 21.4. The van der Waals surface area contributed by atoms with Gasteiger partial charge in [-0.25, -0.2) is 4.98 Å². The van der Waals surface area contributed by atoms with E-state index in [2.05, 4.69) is 25.5 Å². The normalized spacial score (nSPS) is 11.1. The zero-order valence-corrected chi connectivity index (χ0v) is 16.1. The fraction of sp³-hybridized carbons (Fsp3) is 0.0455. The van der Waals surface area contributed by atoms with E-state index in [0.29, 0.717) is 28.2 Å². The summed E-state index contributed by atoms with van der Waals surface area (Å²) in [4.78, 5) is 30.9. The van der Waals surface area contributed by atoms with Crippen LogP contribution in [0, 0.1) is 10.1 Å². The van der Waals surface area contributed by atoms with Gasteiger partial charge in [-0.2, -0.15) is 5.10 Å². The number of nitro benzene ring substituents is 1. The van der Waals surface area contributed by atoms with Crippen LogP contribution in [0.3, 0.4) is 0 Å². The molecular formula is C22H16N6O3. The maximum absolute atomic E-state index is 12.6. The minimum atomic E-state index is -0.461. The first-order valence-electron chi connectivity index (χ1n) is 9.53. The highest BCUT2D eigenvalue weighted by Crippen LogP contribution is 2.26. The molecule has 0 spiro atoms. The van der Waals surface area contributed by atoms with Crippen LogP contribution in [-0.4, -0.2) is 31.0 Å². The van der Waals surface area contributed by atoms with Crippen LogP contribution in [-0.2, 0) is 6.54 Å². The van der Waals surface area contributed by atoms with Gasteiger partial charge in [0.15, 0.2) is 5.82 Å². The van der Waals surface area contributed by atoms with Crippen molar-refractivity contribution in [2.45, 2.75) is 6.54 Å². The van der Waals surface area contributed by atoms with Crippen molar-refractivity contribution in [1.82, 2.24) is 25.5 Å². The Kier molecular flexibility index (Phi) is 4.40. The lowest BCUT2D eigenvalue weighted by molar-refractivity contribution is -0.384. The van der Waals surface area contributed by atoms with E-state index in [4.69, 9.17) is 0 Å². The summed E-state index contributed by atoms with van der Waals surface area (Å²) in [6.07, 6.45) is 0. The van der Waals surface area contributed by atoms with Crippen molar-refractivity contribution >= 4 is 33.5 Å². The Morgan fingerprint density at radius 1 is 1.03 bits per heavy atom. The molecule has 0 saturated carbocycles. The number of hydrogen-bond acceptors (Lipinski definition) is 5. The molecule has 0 aliphatic rings. The predicted octanol–water partition coefficient (Wildman–Crippen LogP) is 3.94. The minimum absolute atomic E-state index is 0.0101. The number of nitrogens with zero attached hydrogens (tertiary/aromatic N) is 3. The summed E-state index contributed by atoms with van der Waals surface area (Å²) < 4.78 is 0.